The zero-order chi connectivity index (χ0) is 17.6. The molecule has 0 saturated heterocycles. The van der Waals surface area contributed by atoms with Crippen LogP contribution in [-0.4, -0.2) is 16.8 Å². The number of nitrogens with zero attached hydrogens (tertiary/aromatic N) is 1. The van der Waals surface area contributed by atoms with Gasteiger partial charge in [0.15, 0.2) is 0 Å². The lowest BCUT2D eigenvalue weighted by molar-refractivity contribution is 0.101. The molecule has 3 aromatic rings. The predicted molar refractivity (Wildman–Crippen MR) is 97.8 cm³/mol. The third-order valence-electron chi connectivity index (χ3n) is 3.71. The number of aromatic nitrogens is 1. The highest BCUT2D eigenvalue weighted by molar-refractivity contribution is 6.06. The van der Waals surface area contributed by atoms with Gasteiger partial charge in [-0.3, -0.25) is 14.6 Å². The molecule has 0 fully saturated rings. The Bertz CT molecular complexity index is 890. The van der Waals surface area contributed by atoms with Crippen LogP contribution >= 0.6 is 0 Å². The fourth-order valence-electron chi connectivity index (χ4n) is 2.36. The predicted octanol–water partition coefficient (Wildman–Crippen LogP) is 3.89. The number of anilines is 2. The molecular weight excluding hydrogens is 314 g/mol. The first-order valence-corrected chi connectivity index (χ1v) is 7.82. The fourth-order valence-corrected chi connectivity index (χ4v) is 2.36. The van der Waals surface area contributed by atoms with Gasteiger partial charge in [0.05, 0.1) is 5.56 Å². The quantitative estimate of drug-likeness (QED) is 0.762. The van der Waals surface area contributed by atoms with Gasteiger partial charge in [0.2, 0.25) is 0 Å². The third-order valence-corrected chi connectivity index (χ3v) is 3.71. The first-order chi connectivity index (χ1) is 12.1. The van der Waals surface area contributed by atoms with Gasteiger partial charge in [-0.25, -0.2) is 0 Å². The number of pyridine rings is 1. The van der Waals surface area contributed by atoms with Gasteiger partial charge in [-0.05, 0) is 55.0 Å². The summed E-state index contributed by atoms with van der Waals surface area (Å²) >= 11 is 0. The zero-order valence-corrected chi connectivity index (χ0v) is 13.7. The van der Waals surface area contributed by atoms with E-state index in [1.807, 2.05) is 25.1 Å². The molecule has 0 atom stereocenters. The normalized spacial score (nSPS) is 10.1. The molecule has 2 N–H and O–H groups in total. The molecule has 5 heteroatoms. The summed E-state index contributed by atoms with van der Waals surface area (Å²) in [6.07, 6.45) is 3.12. The number of rotatable bonds is 4. The summed E-state index contributed by atoms with van der Waals surface area (Å²) in [5, 5.41) is 5.64. The molecule has 1 heterocycles. The first-order valence-electron chi connectivity index (χ1n) is 7.82. The molecule has 2 aromatic carbocycles. The van der Waals surface area contributed by atoms with Gasteiger partial charge in [0, 0.05) is 29.3 Å². The number of aryl methyl sites for hydroxylation is 1. The minimum atomic E-state index is -0.232. The second-order valence-electron chi connectivity index (χ2n) is 5.54. The van der Waals surface area contributed by atoms with E-state index in [4.69, 9.17) is 0 Å². The Morgan fingerprint density at radius 1 is 0.800 bits per heavy atom. The van der Waals surface area contributed by atoms with E-state index in [9.17, 15) is 9.59 Å². The molecule has 0 aliphatic rings. The minimum absolute atomic E-state index is 0.162. The number of carbonyl (C=O) groups excluding carboxylic acids is 2. The molecule has 3 rings (SSSR count). The Kier molecular flexibility index (Phi) is 4.85. The number of nitrogens with one attached hydrogen (secondary N) is 2. The van der Waals surface area contributed by atoms with Crippen LogP contribution in [-0.2, 0) is 0 Å². The molecule has 0 bridgehead atoms. The van der Waals surface area contributed by atoms with Crippen molar-refractivity contribution in [2.45, 2.75) is 6.92 Å². The average Bonchev–Trinajstić information content (AvgIpc) is 2.64. The summed E-state index contributed by atoms with van der Waals surface area (Å²) in [5.41, 5.74) is 3.34. The van der Waals surface area contributed by atoms with E-state index in [0.717, 1.165) is 5.56 Å². The molecule has 5 nitrogen and oxygen atoms in total. The smallest absolute Gasteiger partial charge is 0.257 e. The second kappa shape index (κ2) is 7.40. The second-order valence-corrected chi connectivity index (χ2v) is 5.54. The molecule has 2 amide bonds. The maximum Gasteiger partial charge on any atom is 0.257 e. The largest absolute Gasteiger partial charge is 0.322 e. The third kappa shape index (κ3) is 4.09. The van der Waals surface area contributed by atoms with Crippen LogP contribution in [0.2, 0.25) is 0 Å². The number of benzene rings is 2. The van der Waals surface area contributed by atoms with E-state index in [1.165, 1.54) is 6.20 Å². The Hall–Kier alpha value is -3.47. The van der Waals surface area contributed by atoms with E-state index >= 15 is 0 Å². The SMILES string of the molecule is Cc1ccccc1C(=O)Nc1ccc(NC(=O)c2cccnc2)cc1. The molecule has 0 aliphatic carbocycles. The molecule has 0 radical (unpaired) electrons. The number of hydrogen-bond acceptors (Lipinski definition) is 3. The highest BCUT2D eigenvalue weighted by Crippen LogP contribution is 2.16. The number of carbonyl (C=O) groups is 2. The van der Waals surface area contributed by atoms with Crippen molar-refractivity contribution in [3.63, 3.8) is 0 Å². The van der Waals surface area contributed by atoms with E-state index in [0.29, 0.717) is 22.5 Å². The van der Waals surface area contributed by atoms with Crippen molar-refractivity contribution in [1.29, 1.82) is 0 Å². The lowest BCUT2D eigenvalue weighted by Crippen LogP contribution is -2.14. The van der Waals surface area contributed by atoms with E-state index in [2.05, 4.69) is 15.6 Å². The van der Waals surface area contributed by atoms with Crippen LogP contribution in [0.25, 0.3) is 0 Å². The molecule has 25 heavy (non-hydrogen) atoms. The molecule has 0 spiro atoms. The molecule has 0 saturated carbocycles. The lowest BCUT2D eigenvalue weighted by Gasteiger charge is -2.09. The molecular formula is C20H17N3O2. The van der Waals surface area contributed by atoms with Crippen molar-refractivity contribution >= 4 is 23.2 Å². The maximum absolute atomic E-state index is 12.3. The molecule has 0 unspecified atom stereocenters. The van der Waals surface area contributed by atoms with Gasteiger partial charge >= 0.3 is 0 Å². The van der Waals surface area contributed by atoms with Crippen LogP contribution in [0.4, 0.5) is 11.4 Å². The average molecular weight is 331 g/mol. The summed E-state index contributed by atoms with van der Waals surface area (Å²) in [6.45, 7) is 1.89. The molecule has 1 aromatic heterocycles. The van der Waals surface area contributed by atoms with Gasteiger partial charge in [-0.2, -0.15) is 0 Å². The van der Waals surface area contributed by atoms with Gasteiger partial charge < -0.3 is 10.6 Å². The summed E-state index contributed by atoms with van der Waals surface area (Å²) in [6, 6.07) is 17.8. The van der Waals surface area contributed by atoms with Crippen molar-refractivity contribution in [3.05, 3.63) is 89.7 Å². The Labute approximate surface area is 145 Å². The fraction of sp³-hybridized carbons (Fsp3) is 0.0500. The van der Waals surface area contributed by atoms with Gasteiger partial charge in [-0.1, -0.05) is 18.2 Å². The maximum atomic E-state index is 12.3. The van der Waals surface area contributed by atoms with Gasteiger partial charge in [-0.15, -0.1) is 0 Å². The van der Waals surface area contributed by atoms with Crippen LogP contribution in [0.3, 0.4) is 0 Å². The van der Waals surface area contributed by atoms with E-state index in [1.54, 1.807) is 48.7 Å². The van der Waals surface area contributed by atoms with Gasteiger partial charge in [0.25, 0.3) is 11.8 Å². The van der Waals surface area contributed by atoms with Crippen molar-refractivity contribution in [3.8, 4) is 0 Å². The summed E-state index contributed by atoms with van der Waals surface area (Å²) in [5.74, 6) is -0.393. The van der Waals surface area contributed by atoms with Crippen LogP contribution in [0.1, 0.15) is 26.3 Å². The first kappa shape index (κ1) is 16.4. The van der Waals surface area contributed by atoms with Crippen LogP contribution < -0.4 is 10.6 Å². The van der Waals surface area contributed by atoms with Gasteiger partial charge in [0.1, 0.15) is 0 Å². The zero-order valence-electron chi connectivity index (χ0n) is 13.7. The van der Waals surface area contributed by atoms with E-state index in [-0.39, 0.29) is 11.8 Å². The topological polar surface area (TPSA) is 71.1 Å². The van der Waals surface area contributed by atoms with Crippen molar-refractivity contribution in [2.24, 2.45) is 0 Å². The van der Waals surface area contributed by atoms with Crippen LogP contribution in [0, 0.1) is 6.92 Å². The Morgan fingerprint density at radius 2 is 1.44 bits per heavy atom. The standard InChI is InChI=1S/C20H17N3O2/c1-14-5-2-3-7-18(14)20(25)23-17-10-8-16(9-11-17)22-19(24)15-6-4-12-21-13-15/h2-13H,1H3,(H,22,24)(H,23,25). The van der Waals surface area contributed by atoms with Crippen molar-refractivity contribution in [1.82, 2.24) is 4.98 Å². The van der Waals surface area contributed by atoms with E-state index < -0.39 is 0 Å². The minimum Gasteiger partial charge on any atom is -0.322 e. The Balaban J connectivity index is 1.65. The molecule has 124 valence electrons. The summed E-state index contributed by atoms with van der Waals surface area (Å²) in [7, 11) is 0. The monoisotopic (exact) mass is 331 g/mol. The highest BCUT2D eigenvalue weighted by atomic mass is 16.2. The number of amides is 2. The summed E-state index contributed by atoms with van der Waals surface area (Å²) in [4.78, 5) is 28.3. The number of hydrogen-bond donors (Lipinski definition) is 2. The molecule has 0 aliphatic heterocycles. The lowest BCUT2D eigenvalue weighted by atomic mass is 10.1. The highest BCUT2D eigenvalue weighted by Gasteiger charge is 2.09. The summed E-state index contributed by atoms with van der Waals surface area (Å²) < 4.78 is 0. The van der Waals surface area contributed by atoms with Crippen molar-refractivity contribution in [2.75, 3.05) is 10.6 Å². The van der Waals surface area contributed by atoms with Crippen LogP contribution in [0.5, 0.6) is 0 Å². The van der Waals surface area contributed by atoms with Crippen molar-refractivity contribution < 1.29 is 9.59 Å². The Morgan fingerprint density at radius 3 is 2.04 bits per heavy atom. The van der Waals surface area contributed by atoms with Crippen LogP contribution in [0.15, 0.2) is 73.1 Å².